The summed E-state index contributed by atoms with van der Waals surface area (Å²) in [6.07, 6.45) is 0. The van der Waals surface area contributed by atoms with Crippen LogP contribution in [0.5, 0.6) is 0 Å². The molecule has 0 aliphatic rings. The summed E-state index contributed by atoms with van der Waals surface area (Å²) < 4.78 is 0. The molecule has 1 aromatic carbocycles. The van der Waals surface area contributed by atoms with Gasteiger partial charge >= 0.3 is 0 Å². The summed E-state index contributed by atoms with van der Waals surface area (Å²) in [5.41, 5.74) is 7.10. The van der Waals surface area contributed by atoms with Crippen molar-refractivity contribution >= 4 is 11.6 Å². The van der Waals surface area contributed by atoms with Crippen molar-refractivity contribution < 1.29 is 0 Å². The van der Waals surface area contributed by atoms with Crippen LogP contribution < -0.4 is 10.6 Å². The predicted octanol–water partition coefficient (Wildman–Crippen LogP) is 0.939. The minimum Gasteiger partial charge on any atom is -0.370 e. The lowest BCUT2D eigenvalue weighted by atomic mass is 10.2. The quantitative estimate of drug-likeness (QED) is 0.527. The SMILES string of the molecule is CN=C(N)N(C)c1cccc(C#N)c1. The Morgan fingerprint density at radius 3 is 2.86 bits per heavy atom. The van der Waals surface area contributed by atoms with Gasteiger partial charge in [0.15, 0.2) is 5.96 Å². The summed E-state index contributed by atoms with van der Waals surface area (Å²) in [5, 5.41) is 8.71. The van der Waals surface area contributed by atoms with Crippen LogP contribution in [0.25, 0.3) is 0 Å². The lowest BCUT2D eigenvalue weighted by Gasteiger charge is -2.17. The van der Waals surface area contributed by atoms with Gasteiger partial charge < -0.3 is 10.6 Å². The molecule has 0 heterocycles. The molecule has 0 bridgehead atoms. The number of anilines is 1. The third-order valence-corrected chi connectivity index (χ3v) is 1.94. The van der Waals surface area contributed by atoms with Crippen LogP contribution in [0.2, 0.25) is 0 Å². The zero-order chi connectivity index (χ0) is 10.6. The van der Waals surface area contributed by atoms with E-state index in [0.29, 0.717) is 11.5 Å². The number of rotatable bonds is 1. The van der Waals surface area contributed by atoms with E-state index in [1.54, 1.807) is 31.1 Å². The van der Waals surface area contributed by atoms with Crippen LogP contribution in [0.1, 0.15) is 5.56 Å². The Balaban J connectivity index is 3.03. The van der Waals surface area contributed by atoms with E-state index in [4.69, 9.17) is 11.0 Å². The fourth-order valence-electron chi connectivity index (χ4n) is 1.07. The number of aliphatic imine (C=N–C) groups is 1. The van der Waals surface area contributed by atoms with Crippen LogP contribution in [0.3, 0.4) is 0 Å². The van der Waals surface area contributed by atoms with Gasteiger partial charge in [0.05, 0.1) is 11.6 Å². The maximum Gasteiger partial charge on any atom is 0.195 e. The number of nitrogens with two attached hydrogens (primary N) is 1. The highest BCUT2D eigenvalue weighted by Gasteiger charge is 2.04. The van der Waals surface area contributed by atoms with E-state index in [2.05, 4.69) is 11.1 Å². The smallest absolute Gasteiger partial charge is 0.195 e. The van der Waals surface area contributed by atoms with E-state index in [0.717, 1.165) is 5.69 Å². The third-order valence-electron chi connectivity index (χ3n) is 1.94. The Kier molecular flexibility index (Phi) is 3.08. The first-order valence-electron chi connectivity index (χ1n) is 4.15. The highest BCUT2D eigenvalue weighted by molar-refractivity contribution is 5.94. The second kappa shape index (κ2) is 4.28. The fraction of sp³-hybridized carbons (Fsp3) is 0.200. The molecule has 0 aliphatic carbocycles. The number of nitriles is 1. The number of guanidine groups is 1. The van der Waals surface area contributed by atoms with Crippen molar-refractivity contribution in [3.8, 4) is 6.07 Å². The van der Waals surface area contributed by atoms with Crippen molar-refractivity contribution in [3.05, 3.63) is 29.8 Å². The number of benzene rings is 1. The van der Waals surface area contributed by atoms with Crippen LogP contribution in [0, 0.1) is 11.3 Å². The van der Waals surface area contributed by atoms with Gasteiger partial charge in [-0.05, 0) is 18.2 Å². The van der Waals surface area contributed by atoms with E-state index in [9.17, 15) is 0 Å². The monoisotopic (exact) mass is 188 g/mol. The standard InChI is InChI=1S/C10H12N4/c1-13-10(12)14(2)9-5-3-4-8(6-9)7-11/h3-6H,1-2H3,(H2,12,13). The average Bonchev–Trinajstić information content (AvgIpc) is 2.27. The fourth-order valence-corrected chi connectivity index (χ4v) is 1.07. The summed E-state index contributed by atoms with van der Waals surface area (Å²) >= 11 is 0. The van der Waals surface area contributed by atoms with Gasteiger partial charge in [-0.1, -0.05) is 6.07 Å². The van der Waals surface area contributed by atoms with Gasteiger partial charge in [0.2, 0.25) is 0 Å². The van der Waals surface area contributed by atoms with Crippen molar-refractivity contribution in [2.24, 2.45) is 10.7 Å². The summed E-state index contributed by atoms with van der Waals surface area (Å²) in [7, 11) is 3.43. The molecule has 0 unspecified atom stereocenters. The molecule has 0 saturated heterocycles. The Morgan fingerprint density at radius 1 is 1.57 bits per heavy atom. The van der Waals surface area contributed by atoms with Crippen molar-refractivity contribution in [3.63, 3.8) is 0 Å². The summed E-state index contributed by atoms with van der Waals surface area (Å²) in [5.74, 6) is 0.417. The van der Waals surface area contributed by atoms with Crippen molar-refractivity contribution in [1.82, 2.24) is 0 Å². The molecule has 0 saturated carbocycles. The molecule has 2 N–H and O–H groups in total. The summed E-state index contributed by atoms with van der Waals surface area (Å²) in [6, 6.07) is 9.27. The lowest BCUT2D eigenvalue weighted by Crippen LogP contribution is -2.33. The molecular formula is C10H12N4. The first-order chi connectivity index (χ1) is 6.69. The van der Waals surface area contributed by atoms with Gasteiger partial charge in [-0.25, -0.2) is 0 Å². The normalized spacial score (nSPS) is 10.8. The zero-order valence-corrected chi connectivity index (χ0v) is 8.23. The summed E-state index contributed by atoms with van der Waals surface area (Å²) in [6.45, 7) is 0. The molecule has 4 heteroatoms. The Labute approximate surface area is 83.3 Å². The first kappa shape index (κ1) is 10.1. The predicted molar refractivity (Wildman–Crippen MR) is 57.1 cm³/mol. The van der Waals surface area contributed by atoms with Crippen LogP contribution in [0.4, 0.5) is 5.69 Å². The minimum absolute atomic E-state index is 0.417. The summed E-state index contributed by atoms with van der Waals surface area (Å²) in [4.78, 5) is 5.58. The second-order valence-corrected chi connectivity index (χ2v) is 2.80. The van der Waals surface area contributed by atoms with Crippen molar-refractivity contribution in [2.75, 3.05) is 19.0 Å². The van der Waals surface area contributed by atoms with Gasteiger partial charge in [0, 0.05) is 19.8 Å². The van der Waals surface area contributed by atoms with E-state index in [1.807, 2.05) is 12.1 Å². The first-order valence-corrected chi connectivity index (χ1v) is 4.15. The molecule has 0 fully saturated rings. The molecule has 0 amide bonds. The molecule has 1 aromatic rings. The Morgan fingerprint density at radius 2 is 2.29 bits per heavy atom. The van der Waals surface area contributed by atoms with Gasteiger partial charge in [-0.15, -0.1) is 0 Å². The van der Waals surface area contributed by atoms with Gasteiger partial charge in [0.1, 0.15) is 0 Å². The van der Waals surface area contributed by atoms with Gasteiger partial charge in [-0.2, -0.15) is 5.26 Å². The molecule has 0 radical (unpaired) electrons. The number of nitrogens with zero attached hydrogens (tertiary/aromatic N) is 3. The minimum atomic E-state index is 0.417. The largest absolute Gasteiger partial charge is 0.370 e. The second-order valence-electron chi connectivity index (χ2n) is 2.80. The van der Waals surface area contributed by atoms with Crippen LogP contribution in [-0.2, 0) is 0 Å². The van der Waals surface area contributed by atoms with Crippen molar-refractivity contribution in [2.45, 2.75) is 0 Å². The number of hydrogen-bond donors (Lipinski definition) is 1. The number of hydrogen-bond acceptors (Lipinski definition) is 2. The highest BCUT2D eigenvalue weighted by atomic mass is 15.2. The molecule has 0 aliphatic heterocycles. The van der Waals surface area contributed by atoms with E-state index in [1.165, 1.54) is 0 Å². The van der Waals surface area contributed by atoms with Crippen LogP contribution >= 0.6 is 0 Å². The highest BCUT2D eigenvalue weighted by Crippen LogP contribution is 2.13. The Bertz CT molecular complexity index is 389. The topological polar surface area (TPSA) is 65.4 Å². The van der Waals surface area contributed by atoms with Crippen LogP contribution in [-0.4, -0.2) is 20.1 Å². The Hall–Kier alpha value is -2.02. The average molecular weight is 188 g/mol. The molecule has 72 valence electrons. The van der Waals surface area contributed by atoms with E-state index in [-0.39, 0.29) is 0 Å². The molecule has 0 spiro atoms. The van der Waals surface area contributed by atoms with E-state index < -0.39 is 0 Å². The van der Waals surface area contributed by atoms with Gasteiger partial charge in [0.25, 0.3) is 0 Å². The third kappa shape index (κ3) is 2.02. The van der Waals surface area contributed by atoms with Crippen LogP contribution in [0.15, 0.2) is 29.3 Å². The molecule has 0 aromatic heterocycles. The lowest BCUT2D eigenvalue weighted by molar-refractivity contribution is 1.20. The zero-order valence-electron chi connectivity index (χ0n) is 8.23. The van der Waals surface area contributed by atoms with Gasteiger partial charge in [-0.3, -0.25) is 4.99 Å². The molecular weight excluding hydrogens is 176 g/mol. The maximum atomic E-state index is 8.71. The molecule has 14 heavy (non-hydrogen) atoms. The van der Waals surface area contributed by atoms with E-state index >= 15 is 0 Å². The molecule has 1 rings (SSSR count). The molecule has 0 atom stereocenters. The van der Waals surface area contributed by atoms with Crippen molar-refractivity contribution in [1.29, 1.82) is 5.26 Å². The molecule has 4 nitrogen and oxygen atoms in total. The maximum absolute atomic E-state index is 8.71.